The molecule has 33 heavy (non-hydrogen) atoms. The van der Waals surface area contributed by atoms with E-state index < -0.39 is 0 Å². The van der Waals surface area contributed by atoms with E-state index in [9.17, 15) is 4.79 Å². The van der Waals surface area contributed by atoms with Gasteiger partial charge in [-0.15, -0.1) is 0 Å². The molecular weight excluding hydrogens is 412 g/mol. The number of para-hydroxylation sites is 2. The van der Waals surface area contributed by atoms with E-state index in [-0.39, 0.29) is 5.91 Å². The Kier molecular flexibility index (Phi) is 7.72. The third kappa shape index (κ3) is 5.99. The van der Waals surface area contributed by atoms with Gasteiger partial charge in [0.15, 0.2) is 0 Å². The summed E-state index contributed by atoms with van der Waals surface area (Å²) in [5.41, 5.74) is 3.70. The molecule has 0 radical (unpaired) electrons. The Bertz CT molecular complexity index is 1060. The molecule has 1 fully saturated rings. The number of hydrogen-bond donors (Lipinski definition) is 1. The van der Waals surface area contributed by atoms with Crippen LogP contribution in [0.5, 0.6) is 5.75 Å². The number of amides is 1. The van der Waals surface area contributed by atoms with E-state index >= 15 is 0 Å². The molecular formula is C27H30N4O2. The third-order valence-electron chi connectivity index (χ3n) is 5.82. The average Bonchev–Trinajstić information content (AvgIpc) is 2.89. The number of nitrogens with zero attached hydrogens (tertiary/aromatic N) is 3. The van der Waals surface area contributed by atoms with Gasteiger partial charge in [-0.25, -0.2) is 0 Å². The molecule has 2 aromatic carbocycles. The first-order valence-electron chi connectivity index (χ1n) is 11.3. The molecule has 170 valence electrons. The third-order valence-corrected chi connectivity index (χ3v) is 5.82. The summed E-state index contributed by atoms with van der Waals surface area (Å²) in [4.78, 5) is 21.5. The van der Waals surface area contributed by atoms with Gasteiger partial charge in [-0.1, -0.05) is 42.5 Å². The maximum absolute atomic E-state index is 12.4. The molecule has 4 rings (SSSR count). The van der Waals surface area contributed by atoms with Crippen molar-refractivity contribution in [1.29, 1.82) is 0 Å². The molecule has 0 aliphatic carbocycles. The Morgan fingerprint density at radius 2 is 1.73 bits per heavy atom. The fourth-order valence-corrected chi connectivity index (χ4v) is 3.95. The van der Waals surface area contributed by atoms with Crippen LogP contribution in [0, 0.1) is 0 Å². The molecule has 1 aromatic heterocycles. The lowest BCUT2D eigenvalue weighted by molar-refractivity contribution is 0.0958. The molecule has 0 atom stereocenters. The molecule has 1 saturated heterocycles. The number of ether oxygens (including phenoxy) is 1. The number of carbonyl (C=O) groups is 1. The zero-order valence-electron chi connectivity index (χ0n) is 19.0. The van der Waals surface area contributed by atoms with Crippen molar-refractivity contribution in [2.75, 3.05) is 51.3 Å². The van der Waals surface area contributed by atoms with Crippen molar-refractivity contribution < 1.29 is 9.53 Å². The molecule has 1 amide bonds. The highest BCUT2D eigenvalue weighted by Crippen LogP contribution is 2.28. The standard InChI is InChI=1S/C27H30N4O2/c1-33-26-10-3-2-9-25(26)31-20-18-30(19-21-31)17-7-6-16-29-27(32)23-13-11-22(12-14-23)24-8-4-5-15-28-24/h2-15H,16-21H2,1H3,(H,29,32). The zero-order valence-corrected chi connectivity index (χ0v) is 19.0. The van der Waals surface area contributed by atoms with Gasteiger partial charge in [-0.3, -0.25) is 14.7 Å². The number of methoxy groups -OCH3 is 1. The molecule has 0 unspecified atom stereocenters. The lowest BCUT2D eigenvalue weighted by atomic mass is 10.1. The molecule has 0 bridgehead atoms. The molecule has 0 spiro atoms. The lowest BCUT2D eigenvalue weighted by Gasteiger charge is -2.36. The number of carbonyl (C=O) groups excluding carboxylic acids is 1. The minimum atomic E-state index is -0.0716. The van der Waals surface area contributed by atoms with Crippen LogP contribution in [-0.4, -0.2) is 62.2 Å². The predicted octanol–water partition coefficient (Wildman–Crippen LogP) is 3.87. The Balaban J connectivity index is 1.18. The quantitative estimate of drug-likeness (QED) is 0.537. The fraction of sp³-hybridized carbons (Fsp3) is 0.259. The van der Waals surface area contributed by atoms with Gasteiger partial charge in [0.2, 0.25) is 0 Å². The molecule has 1 aliphatic heterocycles. The Hall–Kier alpha value is -3.64. The minimum Gasteiger partial charge on any atom is -0.495 e. The van der Waals surface area contributed by atoms with Crippen LogP contribution in [0.3, 0.4) is 0 Å². The van der Waals surface area contributed by atoms with Crippen molar-refractivity contribution >= 4 is 11.6 Å². The summed E-state index contributed by atoms with van der Waals surface area (Å²) in [7, 11) is 1.72. The highest BCUT2D eigenvalue weighted by Gasteiger charge is 2.18. The van der Waals surface area contributed by atoms with Gasteiger partial charge in [0.1, 0.15) is 5.75 Å². The van der Waals surface area contributed by atoms with Crippen molar-refractivity contribution in [2.45, 2.75) is 0 Å². The van der Waals surface area contributed by atoms with E-state index in [1.165, 1.54) is 0 Å². The molecule has 6 nitrogen and oxygen atoms in total. The van der Waals surface area contributed by atoms with Crippen molar-refractivity contribution in [3.63, 3.8) is 0 Å². The smallest absolute Gasteiger partial charge is 0.251 e. The number of anilines is 1. The topological polar surface area (TPSA) is 57.7 Å². The maximum atomic E-state index is 12.4. The van der Waals surface area contributed by atoms with Crippen LogP contribution in [0.1, 0.15) is 10.4 Å². The van der Waals surface area contributed by atoms with E-state index in [0.717, 1.165) is 55.4 Å². The van der Waals surface area contributed by atoms with Crippen LogP contribution in [-0.2, 0) is 0 Å². The fourth-order valence-electron chi connectivity index (χ4n) is 3.95. The minimum absolute atomic E-state index is 0.0716. The molecule has 0 saturated carbocycles. The van der Waals surface area contributed by atoms with Crippen LogP contribution < -0.4 is 15.0 Å². The van der Waals surface area contributed by atoms with Gasteiger partial charge in [-0.05, 0) is 36.4 Å². The number of aromatic nitrogens is 1. The van der Waals surface area contributed by atoms with Crippen molar-refractivity contribution in [1.82, 2.24) is 15.2 Å². The van der Waals surface area contributed by atoms with Crippen molar-refractivity contribution in [2.24, 2.45) is 0 Å². The first-order valence-corrected chi connectivity index (χ1v) is 11.3. The van der Waals surface area contributed by atoms with E-state index in [2.05, 4.69) is 38.3 Å². The van der Waals surface area contributed by atoms with Crippen LogP contribution in [0.4, 0.5) is 5.69 Å². The number of nitrogens with one attached hydrogen (secondary N) is 1. The number of piperazine rings is 1. The van der Waals surface area contributed by atoms with Crippen LogP contribution in [0.15, 0.2) is 85.1 Å². The van der Waals surface area contributed by atoms with Gasteiger partial charge in [0.05, 0.1) is 18.5 Å². The molecule has 2 heterocycles. The number of rotatable bonds is 8. The Labute approximate surface area is 195 Å². The first kappa shape index (κ1) is 22.6. The van der Waals surface area contributed by atoms with Crippen LogP contribution in [0.2, 0.25) is 0 Å². The van der Waals surface area contributed by atoms with E-state index in [1.807, 2.05) is 60.7 Å². The molecule has 3 aromatic rings. The van der Waals surface area contributed by atoms with Gasteiger partial charge in [-0.2, -0.15) is 0 Å². The Morgan fingerprint density at radius 3 is 2.45 bits per heavy atom. The second-order valence-electron chi connectivity index (χ2n) is 7.93. The highest BCUT2D eigenvalue weighted by molar-refractivity contribution is 5.94. The van der Waals surface area contributed by atoms with Gasteiger partial charge in [0.25, 0.3) is 5.91 Å². The summed E-state index contributed by atoms with van der Waals surface area (Å²) >= 11 is 0. The van der Waals surface area contributed by atoms with Gasteiger partial charge < -0.3 is 15.0 Å². The Morgan fingerprint density at radius 1 is 0.970 bits per heavy atom. The molecule has 1 N–H and O–H groups in total. The second-order valence-corrected chi connectivity index (χ2v) is 7.93. The van der Waals surface area contributed by atoms with Gasteiger partial charge in [0, 0.05) is 56.6 Å². The highest BCUT2D eigenvalue weighted by atomic mass is 16.5. The van der Waals surface area contributed by atoms with Crippen LogP contribution in [0.25, 0.3) is 11.3 Å². The lowest BCUT2D eigenvalue weighted by Crippen LogP contribution is -2.46. The molecule has 6 heteroatoms. The largest absolute Gasteiger partial charge is 0.495 e. The number of pyridine rings is 1. The predicted molar refractivity (Wildman–Crippen MR) is 133 cm³/mol. The number of hydrogen-bond acceptors (Lipinski definition) is 5. The number of benzene rings is 2. The summed E-state index contributed by atoms with van der Waals surface area (Å²) in [6.07, 6.45) is 5.92. The van der Waals surface area contributed by atoms with Crippen molar-refractivity contribution in [3.8, 4) is 17.0 Å². The summed E-state index contributed by atoms with van der Waals surface area (Å²) in [5.74, 6) is 0.852. The van der Waals surface area contributed by atoms with E-state index in [1.54, 1.807) is 13.3 Å². The second kappa shape index (κ2) is 11.3. The first-order chi connectivity index (χ1) is 16.2. The monoisotopic (exact) mass is 442 g/mol. The summed E-state index contributed by atoms with van der Waals surface area (Å²) in [6, 6.07) is 21.5. The molecule has 1 aliphatic rings. The van der Waals surface area contributed by atoms with E-state index in [4.69, 9.17) is 4.74 Å². The van der Waals surface area contributed by atoms with Crippen LogP contribution >= 0.6 is 0 Å². The maximum Gasteiger partial charge on any atom is 0.251 e. The average molecular weight is 443 g/mol. The van der Waals surface area contributed by atoms with Gasteiger partial charge >= 0.3 is 0 Å². The van der Waals surface area contributed by atoms with E-state index in [0.29, 0.717) is 12.1 Å². The normalized spacial score (nSPS) is 14.4. The summed E-state index contributed by atoms with van der Waals surface area (Å²) < 4.78 is 5.49. The summed E-state index contributed by atoms with van der Waals surface area (Å²) in [5, 5.41) is 2.96. The SMILES string of the molecule is COc1ccccc1N1CCN(CC=CCNC(=O)c2ccc(-c3ccccn3)cc2)CC1. The zero-order chi connectivity index (χ0) is 22.9. The van der Waals surface area contributed by atoms with Crippen molar-refractivity contribution in [3.05, 3.63) is 90.6 Å². The summed E-state index contributed by atoms with van der Waals surface area (Å²) in [6.45, 7) is 5.34.